The topological polar surface area (TPSA) is 65.7 Å². The van der Waals surface area contributed by atoms with E-state index in [1.165, 1.54) is 13.2 Å². The third-order valence-electron chi connectivity index (χ3n) is 4.75. The predicted molar refractivity (Wildman–Crippen MR) is 115 cm³/mol. The van der Waals surface area contributed by atoms with Gasteiger partial charge in [0.1, 0.15) is 23.3 Å². The lowest BCUT2D eigenvalue weighted by atomic mass is 10.1. The lowest BCUT2D eigenvalue weighted by molar-refractivity contribution is -0.131. The van der Waals surface area contributed by atoms with Gasteiger partial charge in [-0.1, -0.05) is 49.4 Å². The number of hydrogen-bond acceptors (Lipinski definition) is 5. The highest BCUT2D eigenvalue weighted by atomic mass is 16.5. The third-order valence-corrected chi connectivity index (χ3v) is 4.75. The number of rotatable bonds is 5. The molecule has 0 fully saturated rings. The molecule has 4 rings (SSSR count). The highest BCUT2D eigenvalue weighted by molar-refractivity contribution is 5.82. The Hall–Kier alpha value is -3.86. The molecule has 0 amide bonds. The number of aryl methyl sites for hydroxylation is 1. The second-order valence-corrected chi connectivity index (χ2v) is 6.82. The molecule has 1 heterocycles. The van der Waals surface area contributed by atoms with E-state index in [2.05, 4.69) is 0 Å². The van der Waals surface area contributed by atoms with E-state index in [0.717, 1.165) is 16.7 Å². The molecule has 0 saturated carbocycles. The maximum Gasteiger partial charge on any atom is 0.308 e. The van der Waals surface area contributed by atoms with Gasteiger partial charge in [0, 0.05) is 13.0 Å². The Kier molecular flexibility index (Phi) is 5.35. The van der Waals surface area contributed by atoms with Gasteiger partial charge < -0.3 is 13.9 Å². The Morgan fingerprint density at radius 2 is 1.63 bits per heavy atom. The SMILES string of the molecule is CCc1cc2c(=O)c(Oc3ccc(-c4ccccc4)cc3)coc2cc1OC(C)=O. The summed E-state index contributed by atoms with van der Waals surface area (Å²) in [5.41, 5.74) is 2.95. The van der Waals surface area contributed by atoms with E-state index >= 15 is 0 Å². The number of carbonyl (C=O) groups is 1. The van der Waals surface area contributed by atoms with E-state index in [4.69, 9.17) is 13.9 Å². The second kappa shape index (κ2) is 8.25. The van der Waals surface area contributed by atoms with E-state index in [0.29, 0.717) is 28.9 Å². The fourth-order valence-corrected chi connectivity index (χ4v) is 3.25. The first kappa shape index (κ1) is 19.5. The molecular formula is C25H20O5. The summed E-state index contributed by atoms with van der Waals surface area (Å²) in [4.78, 5) is 24.3. The molecule has 0 aliphatic heterocycles. The highest BCUT2D eigenvalue weighted by Gasteiger charge is 2.14. The van der Waals surface area contributed by atoms with Gasteiger partial charge in [0.05, 0.1) is 5.39 Å². The van der Waals surface area contributed by atoms with Gasteiger partial charge in [-0.3, -0.25) is 9.59 Å². The predicted octanol–water partition coefficient (Wildman–Crippen LogP) is 5.74. The molecule has 0 aliphatic rings. The van der Waals surface area contributed by atoms with Crippen molar-refractivity contribution in [1.29, 1.82) is 0 Å². The van der Waals surface area contributed by atoms with Crippen molar-refractivity contribution in [3.63, 3.8) is 0 Å². The smallest absolute Gasteiger partial charge is 0.308 e. The Balaban J connectivity index is 1.65. The van der Waals surface area contributed by atoms with Crippen molar-refractivity contribution in [2.45, 2.75) is 20.3 Å². The van der Waals surface area contributed by atoms with Crippen molar-refractivity contribution in [2.24, 2.45) is 0 Å². The zero-order valence-corrected chi connectivity index (χ0v) is 16.7. The lowest BCUT2D eigenvalue weighted by Crippen LogP contribution is -2.08. The standard InChI is InChI=1S/C25H20O5/c1-3-17-13-21-23(14-22(17)29-16(2)26)28-15-24(25(21)27)30-20-11-9-19(10-12-20)18-7-5-4-6-8-18/h4-15H,3H2,1-2H3. The van der Waals surface area contributed by atoms with Gasteiger partial charge in [0.15, 0.2) is 0 Å². The summed E-state index contributed by atoms with van der Waals surface area (Å²) in [5.74, 6) is 0.599. The molecule has 0 atom stereocenters. The van der Waals surface area contributed by atoms with Crippen molar-refractivity contribution in [3.05, 3.63) is 88.8 Å². The first-order chi connectivity index (χ1) is 14.5. The van der Waals surface area contributed by atoms with E-state index < -0.39 is 5.97 Å². The number of hydrogen-bond donors (Lipinski definition) is 0. The average Bonchev–Trinajstić information content (AvgIpc) is 2.76. The average molecular weight is 400 g/mol. The molecular weight excluding hydrogens is 380 g/mol. The second-order valence-electron chi connectivity index (χ2n) is 6.82. The highest BCUT2D eigenvalue weighted by Crippen LogP contribution is 2.29. The lowest BCUT2D eigenvalue weighted by Gasteiger charge is -2.10. The molecule has 1 aromatic heterocycles. The van der Waals surface area contributed by atoms with Gasteiger partial charge in [-0.25, -0.2) is 0 Å². The van der Waals surface area contributed by atoms with Crippen LogP contribution in [0, 0.1) is 0 Å². The van der Waals surface area contributed by atoms with Gasteiger partial charge in [-0.2, -0.15) is 0 Å². The summed E-state index contributed by atoms with van der Waals surface area (Å²) >= 11 is 0. The van der Waals surface area contributed by atoms with E-state index in [1.54, 1.807) is 12.1 Å². The molecule has 3 aromatic carbocycles. The minimum Gasteiger partial charge on any atom is -0.460 e. The van der Waals surface area contributed by atoms with Crippen LogP contribution in [-0.2, 0) is 11.2 Å². The van der Waals surface area contributed by atoms with E-state index in [1.807, 2.05) is 61.5 Å². The van der Waals surface area contributed by atoms with Crippen molar-refractivity contribution < 1.29 is 18.7 Å². The Morgan fingerprint density at radius 1 is 0.933 bits per heavy atom. The number of carbonyl (C=O) groups excluding carboxylic acids is 1. The number of benzene rings is 3. The maximum atomic E-state index is 12.9. The van der Waals surface area contributed by atoms with E-state index in [-0.39, 0.29) is 11.2 Å². The summed E-state index contributed by atoms with van der Waals surface area (Å²) in [7, 11) is 0. The molecule has 0 unspecified atom stereocenters. The minimum atomic E-state index is -0.426. The fraction of sp³-hybridized carbons (Fsp3) is 0.120. The van der Waals surface area contributed by atoms with Crippen molar-refractivity contribution >= 4 is 16.9 Å². The van der Waals surface area contributed by atoms with E-state index in [9.17, 15) is 9.59 Å². The molecule has 30 heavy (non-hydrogen) atoms. The van der Waals surface area contributed by atoms with Gasteiger partial charge >= 0.3 is 5.97 Å². The van der Waals surface area contributed by atoms with Crippen molar-refractivity contribution in [2.75, 3.05) is 0 Å². The van der Waals surface area contributed by atoms with Crippen LogP contribution in [0.15, 0.2) is 82.2 Å². The van der Waals surface area contributed by atoms with Crippen LogP contribution in [0.25, 0.3) is 22.1 Å². The molecule has 5 heteroatoms. The Bertz CT molecular complexity index is 1250. The number of ether oxygens (including phenoxy) is 2. The van der Waals surface area contributed by atoms with Crippen LogP contribution in [0.2, 0.25) is 0 Å². The van der Waals surface area contributed by atoms with Crippen LogP contribution in [0.1, 0.15) is 19.4 Å². The molecule has 4 aromatic rings. The molecule has 0 aliphatic carbocycles. The molecule has 150 valence electrons. The first-order valence-electron chi connectivity index (χ1n) is 9.65. The molecule has 0 N–H and O–H groups in total. The van der Waals surface area contributed by atoms with Crippen LogP contribution in [0.4, 0.5) is 0 Å². The molecule has 0 spiro atoms. The molecule has 5 nitrogen and oxygen atoms in total. The quantitative estimate of drug-likeness (QED) is 0.316. The van der Waals surface area contributed by atoms with Gasteiger partial charge in [-0.05, 0) is 41.3 Å². The number of fused-ring (bicyclic) bond motifs is 1. The third kappa shape index (κ3) is 3.96. The van der Waals surface area contributed by atoms with Crippen LogP contribution >= 0.6 is 0 Å². The van der Waals surface area contributed by atoms with Crippen LogP contribution in [0.3, 0.4) is 0 Å². The van der Waals surface area contributed by atoms with Gasteiger partial charge in [0.2, 0.25) is 11.2 Å². The summed E-state index contributed by atoms with van der Waals surface area (Å²) in [6.07, 6.45) is 1.88. The maximum absolute atomic E-state index is 12.9. The number of esters is 1. The zero-order chi connectivity index (χ0) is 21.1. The normalized spacial score (nSPS) is 10.7. The van der Waals surface area contributed by atoms with Crippen LogP contribution < -0.4 is 14.9 Å². The summed E-state index contributed by atoms with van der Waals surface area (Å²) < 4.78 is 16.6. The fourth-order valence-electron chi connectivity index (χ4n) is 3.25. The van der Waals surface area contributed by atoms with Gasteiger partial charge in [-0.15, -0.1) is 0 Å². The minimum absolute atomic E-state index is 0.0947. The molecule has 0 radical (unpaired) electrons. The first-order valence-corrected chi connectivity index (χ1v) is 9.65. The monoisotopic (exact) mass is 400 g/mol. The Labute approximate surface area is 173 Å². The summed E-state index contributed by atoms with van der Waals surface area (Å²) in [5, 5.41) is 0.376. The molecule has 0 saturated heterocycles. The van der Waals surface area contributed by atoms with Crippen LogP contribution in [-0.4, -0.2) is 5.97 Å². The van der Waals surface area contributed by atoms with Crippen LogP contribution in [0.5, 0.6) is 17.2 Å². The van der Waals surface area contributed by atoms with Crippen molar-refractivity contribution in [1.82, 2.24) is 0 Å². The summed E-state index contributed by atoms with van der Waals surface area (Å²) in [6.45, 7) is 3.25. The van der Waals surface area contributed by atoms with Gasteiger partial charge in [0.25, 0.3) is 0 Å². The Morgan fingerprint density at radius 3 is 2.30 bits per heavy atom. The summed E-state index contributed by atoms with van der Waals surface area (Å²) in [6, 6.07) is 20.8. The zero-order valence-electron chi connectivity index (χ0n) is 16.7. The van der Waals surface area contributed by atoms with Crippen molar-refractivity contribution in [3.8, 4) is 28.4 Å². The largest absolute Gasteiger partial charge is 0.460 e. The molecule has 0 bridgehead atoms.